The molecule has 0 saturated heterocycles. The van der Waals surface area contributed by atoms with Gasteiger partial charge in [-0.15, -0.1) is 0 Å². The van der Waals surface area contributed by atoms with E-state index in [2.05, 4.69) is 5.32 Å². The number of carbonyl (C=O) groups excluding carboxylic acids is 1. The molecule has 4 N–H and O–H groups in total. The molecule has 0 aliphatic carbocycles. The molecule has 0 fully saturated rings. The van der Waals surface area contributed by atoms with E-state index < -0.39 is 0 Å². The maximum atomic E-state index is 10.9. The summed E-state index contributed by atoms with van der Waals surface area (Å²) in [4.78, 5) is 10.9. The molecule has 0 amide bonds. The van der Waals surface area contributed by atoms with E-state index in [0.29, 0.717) is 6.54 Å². The Balaban J connectivity index is 3.38. The summed E-state index contributed by atoms with van der Waals surface area (Å²) in [6.07, 6.45) is 0.146. The van der Waals surface area contributed by atoms with E-state index in [4.69, 9.17) is 15.9 Å². The van der Waals surface area contributed by atoms with Gasteiger partial charge in [0.2, 0.25) is 0 Å². The van der Waals surface area contributed by atoms with Crippen LogP contribution in [0, 0.1) is 5.41 Å². The van der Waals surface area contributed by atoms with Gasteiger partial charge in [0.25, 0.3) is 0 Å². The molecule has 0 rings (SSSR count). The van der Waals surface area contributed by atoms with Gasteiger partial charge in [-0.3, -0.25) is 10.2 Å². The van der Waals surface area contributed by atoms with Crippen molar-refractivity contribution in [3.05, 3.63) is 0 Å². The van der Waals surface area contributed by atoms with E-state index in [0.717, 1.165) is 0 Å². The third-order valence-electron chi connectivity index (χ3n) is 1.01. The smallest absolute Gasteiger partial charge is 0.307 e. The fraction of sp³-hybridized carbons (Fsp3) is 0.714. The minimum absolute atomic E-state index is 0.0881. The lowest BCUT2D eigenvalue weighted by molar-refractivity contribution is -0.147. The number of ether oxygens (including phenoxy) is 1. The van der Waals surface area contributed by atoms with Crippen LogP contribution in [-0.4, -0.2) is 24.6 Å². The summed E-state index contributed by atoms with van der Waals surface area (Å²) in [5.74, 6) is -0.411. The fourth-order valence-electron chi connectivity index (χ4n) is 0.621. The average Bonchev–Trinajstić information content (AvgIpc) is 1.84. The zero-order chi connectivity index (χ0) is 9.56. The van der Waals surface area contributed by atoms with Crippen LogP contribution in [0.1, 0.15) is 20.3 Å². The van der Waals surface area contributed by atoms with Gasteiger partial charge in [-0.2, -0.15) is 0 Å². The second kappa shape index (κ2) is 5.40. The quantitative estimate of drug-likeness (QED) is 0.312. The van der Waals surface area contributed by atoms with Crippen molar-refractivity contribution in [2.75, 3.05) is 6.54 Å². The predicted octanol–water partition coefficient (Wildman–Crippen LogP) is -0.189. The maximum Gasteiger partial charge on any atom is 0.307 e. The first-order chi connectivity index (χ1) is 5.52. The lowest BCUT2D eigenvalue weighted by Crippen LogP contribution is -2.32. The van der Waals surface area contributed by atoms with Crippen molar-refractivity contribution in [1.29, 1.82) is 5.41 Å². The molecule has 0 unspecified atom stereocenters. The molecule has 0 aromatic rings. The highest BCUT2D eigenvalue weighted by Gasteiger charge is 2.03. The molecule has 0 heterocycles. The van der Waals surface area contributed by atoms with Crippen molar-refractivity contribution in [1.82, 2.24) is 5.32 Å². The Hall–Kier alpha value is -1.26. The summed E-state index contributed by atoms with van der Waals surface area (Å²) >= 11 is 0. The van der Waals surface area contributed by atoms with Gasteiger partial charge in [-0.25, -0.2) is 0 Å². The van der Waals surface area contributed by atoms with Crippen LogP contribution in [0.25, 0.3) is 0 Å². The second-order valence-corrected chi connectivity index (χ2v) is 2.63. The van der Waals surface area contributed by atoms with Crippen molar-refractivity contribution >= 4 is 11.9 Å². The summed E-state index contributed by atoms with van der Waals surface area (Å²) in [5, 5.41) is 9.30. The highest BCUT2D eigenvalue weighted by atomic mass is 16.5. The Morgan fingerprint density at radius 3 is 2.67 bits per heavy atom. The van der Waals surface area contributed by atoms with Gasteiger partial charge < -0.3 is 15.8 Å². The van der Waals surface area contributed by atoms with Crippen LogP contribution in [0.4, 0.5) is 0 Å². The van der Waals surface area contributed by atoms with Gasteiger partial charge in [-0.1, -0.05) is 0 Å². The largest absolute Gasteiger partial charge is 0.463 e. The number of carbonyl (C=O) groups is 1. The van der Waals surface area contributed by atoms with Gasteiger partial charge in [0.15, 0.2) is 5.96 Å². The zero-order valence-electron chi connectivity index (χ0n) is 7.39. The Morgan fingerprint density at radius 1 is 1.67 bits per heavy atom. The van der Waals surface area contributed by atoms with Crippen molar-refractivity contribution < 1.29 is 9.53 Å². The van der Waals surface area contributed by atoms with Crippen LogP contribution >= 0.6 is 0 Å². The molecule has 0 aromatic heterocycles. The van der Waals surface area contributed by atoms with Crippen LogP contribution in [0.3, 0.4) is 0 Å². The van der Waals surface area contributed by atoms with Crippen LogP contribution in [0.15, 0.2) is 0 Å². The van der Waals surface area contributed by atoms with Gasteiger partial charge in [0.05, 0.1) is 12.5 Å². The third kappa shape index (κ3) is 6.85. The minimum Gasteiger partial charge on any atom is -0.463 e. The topological polar surface area (TPSA) is 88.2 Å². The Morgan fingerprint density at radius 2 is 2.25 bits per heavy atom. The van der Waals surface area contributed by atoms with Crippen molar-refractivity contribution in [2.45, 2.75) is 26.4 Å². The number of hydrogen-bond donors (Lipinski definition) is 3. The standard InChI is InChI=1S/C7H15N3O2/c1-5(2)12-6(11)3-4-10-7(8)9/h5H,3-4H2,1-2H3,(H4,8,9,10). The number of hydrogen-bond acceptors (Lipinski definition) is 3. The Bertz CT molecular complexity index is 168. The van der Waals surface area contributed by atoms with Crippen LogP contribution in [-0.2, 0) is 9.53 Å². The van der Waals surface area contributed by atoms with Gasteiger partial charge in [0.1, 0.15) is 0 Å². The summed E-state index contributed by atoms with van der Waals surface area (Å²) in [6.45, 7) is 3.92. The molecule has 0 saturated carbocycles. The van der Waals surface area contributed by atoms with E-state index in [-0.39, 0.29) is 24.5 Å². The molecule has 0 aromatic carbocycles. The van der Waals surface area contributed by atoms with Gasteiger partial charge >= 0.3 is 5.97 Å². The minimum atomic E-state index is -0.279. The predicted molar refractivity (Wildman–Crippen MR) is 45.8 cm³/mol. The molecular formula is C7H15N3O2. The highest BCUT2D eigenvalue weighted by molar-refractivity contribution is 5.75. The first kappa shape index (κ1) is 10.7. The number of nitrogens with two attached hydrogens (primary N) is 1. The molecule has 0 spiro atoms. The molecule has 0 radical (unpaired) electrons. The van der Waals surface area contributed by atoms with E-state index in [9.17, 15) is 4.79 Å². The van der Waals surface area contributed by atoms with Crippen molar-refractivity contribution in [3.63, 3.8) is 0 Å². The molecule has 5 nitrogen and oxygen atoms in total. The Kier molecular flexibility index (Phi) is 4.83. The summed E-state index contributed by atoms with van der Waals surface area (Å²) in [7, 11) is 0. The molecule has 70 valence electrons. The summed E-state index contributed by atoms with van der Waals surface area (Å²) < 4.78 is 4.84. The molecule has 0 atom stereocenters. The van der Waals surface area contributed by atoms with Crippen LogP contribution < -0.4 is 11.1 Å². The lowest BCUT2D eigenvalue weighted by atomic mass is 10.4. The number of nitrogens with one attached hydrogen (secondary N) is 2. The average molecular weight is 173 g/mol. The summed E-state index contributed by atoms with van der Waals surface area (Å²) in [6, 6.07) is 0. The van der Waals surface area contributed by atoms with Crippen LogP contribution in [0.5, 0.6) is 0 Å². The van der Waals surface area contributed by atoms with E-state index >= 15 is 0 Å². The maximum absolute atomic E-state index is 10.9. The highest BCUT2D eigenvalue weighted by Crippen LogP contribution is 1.91. The SMILES string of the molecule is CC(C)OC(=O)CCNC(=N)N. The molecule has 0 aliphatic heterocycles. The fourth-order valence-corrected chi connectivity index (χ4v) is 0.621. The second-order valence-electron chi connectivity index (χ2n) is 2.63. The summed E-state index contributed by atoms with van der Waals surface area (Å²) in [5.41, 5.74) is 5.00. The molecule has 0 aliphatic rings. The first-order valence-corrected chi connectivity index (χ1v) is 3.79. The zero-order valence-corrected chi connectivity index (χ0v) is 7.39. The van der Waals surface area contributed by atoms with E-state index in [1.54, 1.807) is 13.8 Å². The number of rotatable bonds is 4. The molecule has 5 heteroatoms. The van der Waals surface area contributed by atoms with E-state index in [1.165, 1.54) is 0 Å². The van der Waals surface area contributed by atoms with Gasteiger partial charge in [0, 0.05) is 6.54 Å². The molecule has 0 bridgehead atoms. The monoisotopic (exact) mass is 173 g/mol. The number of guanidine groups is 1. The third-order valence-corrected chi connectivity index (χ3v) is 1.01. The Labute approximate surface area is 71.8 Å². The normalized spacial score (nSPS) is 9.58. The van der Waals surface area contributed by atoms with Crippen LogP contribution in [0.2, 0.25) is 0 Å². The van der Waals surface area contributed by atoms with E-state index in [1.807, 2.05) is 0 Å². The van der Waals surface area contributed by atoms with Crippen molar-refractivity contribution in [3.8, 4) is 0 Å². The molecular weight excluding hydrogens is 158 g/mol. The van der Waals surface area contributed by atoms with Gasteiger partial charge in [-0.05, 0) is 13.8 Å². The first-order valence-electron chi connectivity index (χ1n) is 3.79. The van der Waals surface area contributed by atoms with Crippen molar-refractivity contribution in [2.24, 2.45) is 5.73 Å². The number of esters is 1. The lowest BCUT2D eigenvalue weighted by Gasteiger charge is -2.07. The molecule has 12 heavy (non-hydrogen) atoms.